The third-order valence-electron chi connectivity index (χ3n) is 4.30. The van der Waals surface area contributed by atoms with E-state index >= 15 is 0 Å². The van der Waals surface area contributed by atoms with Crippen molar-refractivity contribution in [2.75, 3.05) is 40.3 Å². The first-order valence-corrected chi connectivity index (χ1v) is 9.86. The third kappa shape index (κ3) is 5.17. The maximum absolute atomic E-state index is 12.3. The standard InChI is InChI=1S/C17H27N3O4S/c1-14-7-4-5-9-16(14)24-12-10-18-17(21)15-8-6-11-20(13-15)25(22,23)19(2)3/h4-5,7,9,15H,6,8,10-13H2,1-3H3,(H,18,21)/t15-/m1/s1. The highest BCUT2D eigenvalue weighted by atomic mass is 32.2. The zero-order valence-electron chi connectivity index (χ0n) is 15.1. The van der Waals surface area contributed by atoms with Crippen LogP contribution < -0.4 is 10.1 Å². The number of aryl methyl sites for hydroxylation is 1. The highest BCUT2D eigenvalue weighted by Gasteiger charge is 2.33. The van der Waals surface area contributed by atoms with E-state index in [9.17, 15) is 13.2 Å². The lowest BCUT2D eigenvalue weighted by Crippen LogP contribution is -2.49. The van der Waals surface area contributed by atoms with Crippen LogP contribution in [0.25, 0.3) is 0 Å². The van der Waals surface area contributed by atoms with Crippen LogP contribution in [0.15, 0.2) is 24.3 Å². The number of nitrogens with zero attached hydrogens (tertiary/aromatic N) is 2. The van der Waals surface area contributed by atoms with E-state index in [1.165, 1.54) is 22.7 Å². The van der Waals surface area contributed by atoms with Gasteiger partial charge in [-0.2, -0.15) is 17.0 Å². The summed E-state index contributed by atoms with van der Waals surface area (Å²) in [6.07, 6.45) is 1.38. The number of piperidine rings is 1. The van der Waals surface area contributed by atoms with Gasteiger partial charge in [0.1, 0.15) is 12.4 Å². The van der Waals surface area contributed by atoms with Crippen LogP contribution in [0.1, 0.15) is 18.4 Å². The molecule has 1 aromatic rings. The van der Waals surface area contributed by atoms with E-state index in [0.29, 0.717) is 32.5 Å². The van der Waals surface area contributed by atoms with Crippen molar-refractivity contribution in [1.29, 1.82) is 0 Å². The summed E-state index contributed by atoms with van der Waals surface area (Å²) in [6, 6.07) is 7.71. The van der Waals surface area contributed by atoms with Gasteiger partial charge in [-0.25, -0.2) is 0 Å². The second kappa shape index (κ2) is 8.64. The minimum Gasteiger partial charge on any atom is -0.491 e. The molecular weight excluding hydrogens is 342 g/mol. The summed E-state index contributed by atoms with van der Waals surface area (Å²) in [4.78, 5) is 12.3. The quantitative estimate of drug-likeness (QED) is 0.728. The Morgan fingerprint density at radius 3 is 2.76 bits per heavy atom. The van der Waals surface area contributed by atoms with Crippen LogP contribution in [-0.4, -0.2) is 63.3 Å². The second-order valence-corrected chi connectivity index (χ2v) is 8.53. The Bertz CT molecular complexity index is 691. The molecule has 25 heavy (non-hydrogen) atoms. The molecule has 0 bridgehead atoms. The number of amides is 1. The lowest BCUT2D eigenvalue weighted by atomic mass is 9.99. The molecule has 140 valence electrons. The van der Waals surface area contributed by atoms with Gasteiger partial charge in [-0.05, 0) is 31.4 Å². The number of carbonyl (C=O) groups excluding carboxylic acids is 1. The van der Waals surface area contributed by atoms with E-state index in [0.717, 1.165) is 11.3 Å². The number of carbonyl (C=O) groups is 1. The molecule has 0 aromatic heterocycles. The molecule has 1 aliphatic heterocycles. The van der Waals surface area contributed by atoms with Crippen LogP contribution in [0, 0.1) is 12.8 Å². The molecule has 7 nitrogen and oxygen atoms in total. The minimum atomic E-state index is -3.47. The Kier molecular flexibility index (Phi) is 6.80. The zero-order chi connectivity index (χ0) is 18.4. The zero-order valence-corrected chi connectivity index (χ0v) is 15.9. The van der Waals surface area contributed by atoms with Gasteiger partial charge >= 0.3 is 0 Å². The number of rotatable bonds is 7. The number of benzene rings is 1. The smallest absolute Gasteiger partial charge is 0.281 e. The summed E-state index contributed by atoms with van der Waals surface area (Å²) in [5.74, 6) is 0.367. The van der Waals surface area contributed by atoms with Crippen molar-refractivity contribution in [3.8, 4) is 5.75 Å². The van der Waals surface area contributed by atoms with Crippen molar-refractivity contribution in [3.63, 3.8) is 0 Å². The maximum atomic E-state index is 12.3. The number of para-hydroxylation sites is 1. The largest absolute Gasteiger partial charge is 0.491 e. The highest BCUT2D eigenvalue weighted by Crippen LogP contribution is 2.20. The van der Waals surface area contributed by atoms with Gasteiger partial charge in [0.2, 0.25) is 5.91 Å². The average Bonchev–Trinajstić information content (AvgIpc) is 2.60. The molecule has 1 heterocycles. The van der Waals surface area contributed by atoms with E-state index in [-0.39, 0.29) is 18.4 Å². The summed E-state index contributed by atoms with van der Waals surface area (Å²) in [5, 5.41) is 2.84. The summed E-state index contributed by atoms with van der Waals surface area (Å²) in [6.45, 7) is 3.43. The fourth-order valence-corrected chi connectivity index (χ4v) is 3.98. The van der Waals surface area contributed by atoms with Crippen LogP contribution in [0.2, 0.25) is 0 Å². The monoisotopic (exact) mass is 369 g/mol. The Morgan fingerprint density at radius 2 is 2.08 bits per heavy atom. The Labute approximate surface area is 150 Å². The first-order valence-electron chi connectivity index (χ1n) is 8.46. The Balaban J connectivity index is 1.80. The van der Waals surface area contributed by atoms with Crippen LogP contribution in [-0.2, 0) is 15.0 Å². The maximum Gasteiger partial charge on any atom is 0.281 e. The van der Waals surface area contributed by atoms with E-state index in [4.69, 9.17) is 4.74 Å². The topological polar surface area (TPSA) is 79.0 Å². The molecular formula is C17H27N3O4S. The van der Waals surface area contributed by atoms with Crippen LogP contribution >= 0.6 is 0 Å². The van der Waals surface area contributed by atoms with Crippen molar-refractivity contribution in [1.82, 2.24) is 13.9 Å². The molecule has 8 heteroatoms. The fraction of sp³-hybridized carbons (Fsp3) is 0.588. The number of hydrogen-bond acceptors (Lipinski definition) is 4. The highest BCUT2D eigenvalue weighted by molar-refractivity contribution is 7.86. The van der Waals surface area contributed by atoms with Crippen molar-refractivity contribution in [3.05, 3.63) is 29.8 Å². The predicted octanol–water partition coefficient (Wildman–Crippen LogP) is 1.01. The van der Waals surface area contributed by atoms with Crippen LogP contribution in [0.5, 0.6) is 5.75 Å². The summed E-state index contributed by atoms with van der Waals surface area (Å²) < 4.78 is 32.6. The molecule has 1 atom stereocenters. The normalized spacial score (nSPS) is 19.0. The fourth-order valence-electron chi connectivity index (χ4n) is 2.79. The van der Waals surface area contributed by atoms with Gasteiger partial charge in [0.05, 0.1) is 12.5 Å². The SMILES string of the molecule is Cc1ccccc1OCCNC(=O)[C@@H]1CCCN(S(=O)(=O)N(C)C)C1. The van der Waals surface area contributed by atoms with E-state index < -0.39 is 10.2 Å². The number of ether oxygens (including phenoxy) is 1. The molecule has 1 saturated heterocycles. The molecule has 1 aliphatic rings. The van der Waals surface area contributed by atoms with Gasteiger partial charge < -0.3 is 10.1 Å². The number of hydrogen-bond donors (Lipinski definition) is 1. The first kappa shape index (κ1) is 19.7. The van der Waals surface area contributed by atoms with Gasteiger partial charge in [0, 0.05) is 27.2 Å². The van der Waals surface area contributed by atoms with Crippen molar-refractivity contribution >= 4 is 16.1 Å². The predicted molar refractivity (Wildman–Crippen MR) is 96.6 cm³/mol. The van der Waals surface area contributed by atoms with Gasteiger partial charge in [-0.3, -0.25) is 4.79 Å². The summed E-state index contributed by atoms with van der Waals surface area (Å²) in [5.41, 5.74) is 1.05. The molecule has 1 aromatic carbocycles. The molecule has 0 saturated carbocycles. The molecule has 2 rings (SSSR count). The van der Waals surface area contributed by atoms with Crippen molar-refractivity contribution < 1.29 is 17.9 Å². The van der Waals surface area contributed by atoms with E-state index in [1.54, 1.807) is 0 Å². The lowest BCUT2D eigenvalue weighted by molar-refractivity contribution is -0.126. The Morgan fingerprint density at radius 1 is 1.36 bits per heavy atom. The molecule has 1 amide bonds. The lowest BCUT2D eigenvalue weighted by Gasteiger charge is -2.32. The number of nitrogens with one attached hydrogen (secondary N) is 1. The minimum absolute atomic E-state index is 0.118. The molecule has 0 radical (unpaired) electrons. The van der Waals surface area contributed by atoms with Crippen molar-refractivity contribution in [2.45, 2.75) is 19.8 Å². The molecule has 0 unspecified atom stereocenters. The third-order valence-corrected chi connectivity index (χ3v) is 6.20. The molecule has 0 aliphatic carbocycles. The van der Waals surface area contributed by atoms with Gasteiger partial charge in [-0.15, -0.1) is 0 Å². The summed E-state index contributed by atoms with van der Waals surface area (Å²) in [7, 11) is -0.467. The van der Waals surface area contributed by atoms with Gasteiger partial charge in [-0.1, -0.05) is 18.2 Å². The summed E-state index contributed by atoms with van der Waals surface area (Å²) >= 11 is 0. The van der Waals surface area contributed by atoms with Gasteiger partial charge in [0.15, 0.2) is 0 Å². The molecule has 1 fully saturated rings. The van der Waals surface area contributed by atoms with Crippen LogP contribution in [0.4, 0.5) is 0 Å². The van der Waals surface area contributed by atoms with Crippen molar-refractivity contribution in [2.24, 2.45) is 5.92 Å². The first-order chi connectivity index (χ1) is 11.8. The van der Waals surface area contributed by atoms with Crippen LogP contribution in [0.3, 0.4) is 0 Å². The van der Waals surface area contributed by atoms with E-state index in [1.807, 2.05) is 31.2 Å². The van der Waals surface area contributed by atoms with E-state index in [2.05, 4.69) is 5.32 Å². The average molecular weight is 369 g/mol. The van der Waals surface area contributed by atoms with Gasteiger partial charge in [0.25, 0.3) is 10.2 Å². The second-order valence-electron chi connectivity index (χ2n) is 6.39. The Hall–Kier alpha value is -1.64. The molecule has 1 N–H and O–H groups in total. The molecule has 0 spiro atoms.